The first-order valence-electron chi connectivity index (χ1n) is 5.94. The van der Waals surface area contributed by atoms with Gasteiger partial charge in [-0.05, 0) is 24.1 Å². The number of carboxylic acids is 1. The molecule has 104 valence electrons. The van der Waals surface area contributed by atoms with Crippen LogP contribution in [-0.4, -0.2) is 23.1 Å². The Morgan fingerprint density at radius 1 is 1.40 bits per heavy atom. The number of aliphatic carboxylic acids is 1. The smallest absolute Gasteiger partial charge is 0.326 e. The van der Waals surface area contributed by atoms with Crippen LogP contribution in [0.3, 0.4) is 0 Å². The summed E-state index contributed by atoms with van der Waals surface area (Å²) in [5.41, 5.74) is 1.36. The van der Waals surface area contributed by atoms with Gasteiger partial charge in [0.05, 0.1) is 12.5 Å². The maximum absolute atomic E-state index is 11.6. The number of nitrogens with one attached hydrogen (secondary N) is 2. The Morgan fingerprint density at radius 3 is 2.55 bits per heavy atom. The third-order valence-electron chi connectivity index (χ3n) is 2.50. The van der Waals surface area contributed by atoms with Crippen molar-refractivity contribution < 1.29 is 14.7 Å². The topological polar surface area (TPSA) is 102 Å². The Balaban J connectivity index is 2.59. The lowest BCUT2D eigenvalue weighted by molar-refractivity contribution is -0.139. The number of carboxylic acid groups (broad SMARTS) is 1. The molecule has 0 radical (unpaired) electrons. The highest BCUT2D eigenvalue weighted by atomic mass is 16.4. The van der Waals surface area contributed by atoms with Gasteiger partial charge < -0.3 is 15.7 Å². The average Bonchev–Trinajstić information content (AvgIpc) is 2.40. The monoisotopic (exact) mass is 273 g/mol. The minimum absolute atomic E-state index is 0.143. The molecule has 1 aromatic rings. The normalized spacial score (nSPS) is 10.9. The molecule has 1 aromatic carbocycles. The predicted octanol–water partition coefficient (Wildman–Crippen LogP) is 1.90. The lowest BCUT2D eigenvalue weighted by Gasteiger charge is -2.13. The van der Waals surface area contributed by atoms with E-state index in [2.05, 4.69) is 17.2 Å². The van der Waals surface area contributed by atoms with Gasteiger partial charge in [0, 0.05) is 5.69 Å². The molecule has 1 rings (SSSR count). The Bertz CT molecular complexity index is 532. The van der Waals surface area contributed by atoms with E-state index in [4.69, 9.17) is 10.4 Å². The minimum atomic E-state index is -1.12. The van der Waals surface area contributed by atoms with Gasteiger partial charge in [-0.2, -0.15) is 5.26 Å². The van der Waals surface area contributed by atoms with E-state index >= 15 is 0 Å². The number of benzene rings is 1. The number of urea groups is 1. The van der Waals surface area contributed by atoms with Crippen molar-refractivity contribution in [3.63, 3.8) is 0 Å². The molecule has 6 heteroatoms. The summed E-state index contributed by atoms with van der Waals surface area (Å²) in [6.07, 6.45) is 1.87. The van der Waals surface area contributed by atoms with Crippen LogP contribution in [0.1, 0.15) is 12.0 Å². The van der Waals surface area contributed by atoms with Gasteiger partial charge in [-0.3, -0.25) is 0 Å². The highest BCUT2D eigenvalue weighted by molar-refractivity contribution is 5.92. The molecule has 1 atom stereocenters. The Morgan fingerprint density at radius 2 is 2.05 bits per heavy atom. The summed E-state index contributed by atoms with van der Waals surface area (Å²) in [5.74, 6) is -1.12. The van der Waals surface area contributed by atoms with Crippen molar-refractivity contribution in [1.82, 2.24) is 5.32 Å². The predicted molar refractivity (Wildman–Crippen MR) is 74.2 cm³/mol. The third kappa shape index (κ3) is 4.82. The van der Waals surface area contributed by atoms with E-state index in [0.717, 1.165) is 5.56 Å². The molecule has 0 fully saturated rings. The van der Waals surface area contributed by atoms with Crippen molar-refractivity contribution in [1.29, 1.82) is 5.26 Å². The molecule has 6 nitrogen and oxygen atoms in total. The van der Waals surface area contributed by atoms with Crippen LogP contribution in [0.5, 0.6) is 0 Å². The number of amides is 2. The largest absolute Gasteiger partial charge is 0.480 e. The zero-order valence-corrected chi connectivity index (χ0v) is 10.8. The molecule has 0 bridgehead atoms. The number of rotatable bonds is 6. The van der Waals surface area contributed by atoms with E-state index in [1.807, 2.05) is 6.07 Å². The summed E-state index contributed by atoms with van der Waals surface area (Å²) in [7, 11) is 0. The zero-order valence-electron chi connectivity index (χ0n) is 10.8. The number of carbonyl (C=O) groups is 2. The molecular formula is C14H15N3O3. The Labute approximate surface area is 116 Å². The maximum Gasteiger partial charge on any atom is 0.326 e. The van der Waals surface area contributed by atoms with Crippen LogP contribution >= 0.6 is 0 Å². The first kappa shape index (κ1) is 15.2. The number of anilines is 1. The molecule has 3 N–H and O–H groups in total. The molecule has 2 amide bonds. The van der Waals surface area contributed by atoms with Crippen molar-refractivity contribution in [3.8, 4) is 6.07 Å². The van der Waals surface area contributed by atoms with E-state index in [1.165, 1.54) is 6.08 Å². The highest BCUT2D eigenvalue weighted by Crippen LogP contribution is 2.09. The van der Waals surface area contributed by atoms with E-state index < -0.39 is 18.0 Å². The van der Waals surface area contributed by atoms with Crippen LogP contribution < -0.4 is 10.6 Å². The second kappa shape index (κ2) is 7.59. The van der Waals surface area contributed by atoms with Crippen molar-refractivity contribution in [2.24, 2.45) is 0 Å². The maximum atomic E-state index is 11.6. The van der Waals surface area contributed by atoms with Gasteiger partial charge in [-0.25, -0.2) is 9.59 Å². The van der Waals surface area contributed by atoms with Crippen molar-refractivity contribution in [2.75, 3.05) is 5.32 Å². The summed E-state index contributed by atoms with van der Waals surface area (Å²) >= 11 is 0. The van der Waals surface area contributed by atoms with Crippen LogP contribution in [-0.2, 0) is 11.2 Å². The first-order valence-corrected chi connectivity index (χ1v) is 5.94. The van der Waals surface area contributed by atoms with Gasteiger partial charge in [0.25, 0.3) is 0 Å². The summed E-state index contributed by atoms with van der Waals surface area (Å²) in [6, 6.07) is 7.14. The molecule has 1 unspecified atom stereocenters. The number of carbonyl (C=O) groups excluding carboxylic acids is 1. The third-order valence-corrected chi connectivity index (χ3v) is 2.50. The van der Waals surface area contributed by atoms with Crippen molar-refractivity contribution in [2.45, 2.75) is 18.9 Å². The van der Waals surface area contributed by atoms with Crippen LogP contribution in [0.2, 0.25) is 0 Å². The molecule has 0 aliphatic heterocycles. The number of nitriles is 1. The molecule has 20 heavy (non-hydrogen) atoms. The number of hydrogen-bond donors (Lipinski definition) is 3. The van der Waals surface area contributed by atoms with E-state index in [9.17, 15) is 9.59 Å². The van der Waals surface area contributed by atoms with E-state index in [-0.39, 0.29) is 6.42 Å². The second-order valence-electron chi connectivity index (χ2n) is 4.05. The van der Waals surface area contributed by atoms with Crippen LogP contribution in [0.15, 0.2) is 36.9 Å². The fraction of sp³-hybridized carbons (Fsp3) is 0.214. The van der Waals surface area contributed by atoms with E-state index in [1.54, 1.807) is 24.3 Å². The Kier molecular flexibility index (Phi) is 5.78. The second-order valence-corrected chi connectivity index (χ2v) is 4.05. The molecule has 0 aliphatic carbocycles. The van der Waals surface area contributed by atoms with Gasteiger partial charge in [-0.1, -0.05) is 18.2 Å². The standard InChI is InChI=1S/C14H15N3O3/c1-2-3-12(13(18)19)17-14(20)16-11-6-4-10(5-7-11)8-9-15/h2,4-7,12H,1,3,8H2,(H,18,19)(H2,16,17,20). The summed E-state index contributed by atoms with van der Waals surface area (Å²) < 4.78 is 0. The molecular weight excluding hydrogens is 258 g/mol. The molecule has 0 heterocycles. The fourth-order valence-electron chi connectivity index (χ4n) is 1.51. The van der Waals surface area contributed by atoms with Gasteiger partial charge in [0.1, 0.15) is 6.04 Å². The van der Waals surface area contributed by atoms with E-state index in [0.29, 0.717) is 12.1 Å². The van der Waals surface area contributed by atoms with Crippen molar-refractivity contribution in [3.05, 3.63) is 42.5 Å². The molecule has 0 saturated heterocycles. The average molecular weight is 273 g/mol. The molecule has 0 saturated carbocycles. The molecule has 0 spiro atoms. The van der Waals surface area contributed by atoms with Crippen LogP contribution in [0.4, 0.5) is 10.5 Å². The SMILES string of the molecule is C=CCC(NC(=O)Nc1ccc(CC#N)cc1)C(=O)O. The lowest BCUT2D eigenvalue weighted by atomic mass is 10.1. The van der Waals surface area contributed by atoms with Gasteiger partial charge >= 0.3 is 12.0 Å². The van der Waals surface area contributed by atoms with Crippen LogP contribution in [0, 0.1) is 11.3 Å². The minimum Gasteiger partial charge on any atom is -0.480 e. The van der Waals surface area contributed by atoms with Gasteiger partial charge in [-0.15, -0.1) is 6.58 Å². The first-order chi connectivity index (χ1) is 9.56. The summed E-state index contributed by atoms with van der Waals surface area (Å²) in [4.78, 5) is 22.5. The molecule has 0 aliphatic rings. The van der Waals surface area contributed by atoms with Gasteiger partial charge in [0.2, 0.25) is 0 Å². The van der Waals surface area contributed by atoms with Gasteiger partial charge in [0.15, 0.2) is 0 Å². The fourth-order valence-corrected chi connectivity index (χ4v) is 1.51. The van der Waals surface area contributed by atoms with Crippen molar-refractivity contribution >= 4 is 17.7 Å². The molecule has 0 aromatic heterocycles. The zero-order chi connectivity index (χ0) is 15.0. The number of hydrogen-bond acceptors (Lipinski definition) is 3. The summed E-state index contributed by atoms with van der Waals surface area (Å²) in [6.45, 7) is 3.44. The quantitative estimate of drug-likeness (QED) is 0.689. The number of nitrogens with zero attached hydrogens (tertiary/aromatic N) is 1. The lowest BCUT2D eigenvalue weighted by Crippen LogP contribution is -2.42. The summed E-state index contributed by atoms with van der Waals surface area (Å²) in [5, 5.41) is 22.3. The highest BCUT2D eigenvalue weighted by Gasteiger charge is 2.17. The van der Waals surface area contributed by atoms with Crippen LogP contribution in [0.25, 0.3) is 0 Å². The Hall–Kier alpha value is -2.81.